The number of nitrogens with zero attached hydrogens (tertiary/aromatic N) is 1. The molecule has 2 rings (SSSR count). The predicted octanol–water partition coefficient (Wildman–Crippen LogP) is 2.64. The quantitative estimate of drug-likeness (QED) is 0.857. The number of anilines is 1. The molecule has 116 valence electrons. The van der Waals surface area contributed by atoms with Crippen LogP contribution in [0.4, 0.5) is 5.13 Å². The maximum atomic E-state index is 12.2. The van der Waals surface area contributed by atoms with Crippen LogP contribution in [-0.2, 0) is 16.1 Å². The van der Waals surface area contributed by atoms with Gasteiger partial charge in [0.05, 0.1) is 19.4 Å². The number of carbonyl (C=O) groups excluding carboxylic acids is 2. The first kappa shape index (κ1) is 16.1. The second-order valence-electron chi connectivity index (χ2n) is 4.51. The van der Waals surface area contributed by atoms with Crippen LogP contribution in [0.15, 0.2) is 24.3 Å². The van der Waals surface area contributed by atoms with E-state index in [1.54, 1.807) is 26.2 Å². The molecule has 2 aromatic rings. The first-order chi connectivity index (χ1) is 10.5. The van der Waals surface area contributed by atoms with Gasteiger partial charge in [0.2, 0.25) is 0 Å². The van der Waals surface area contributed by atoms with E-state index < -0.39 is 5.97 Å². The van der Waals surface area contributed by atoms with Crippen LogP contribution < -0.4 is 5.32 Å². The van der Waals surface area contributed by atoms with Crippen molar-refractivity contribution in [3.05, 3.63) is 46.0 Å². The van der Waals surface area contributed by atoms with E-state index in [0.717, 1.165) is 16.9 Å². The van der Waals surface area contributed by atoms with Crippen molar-refractivity contribution in [2.24, 2.45) is 0 Å². The molecule has 0 radical (unpaired) electrons. The molecule has 6 nitrogen and oxygen atoms in total. The molecular formula is C15H16N2O4S. The van der Waals surface area contributed by atoms with Crippen LogP contribution in [0.2, 0.25) is 0 Å². The van der Waals surface area contributed by atoms with Crippen molar-refractivity contribution < 1.29 is 19.1 Å². The van der Waals surface area contributed by atoms with Gasteiger partial charge >= 0.3 is 5.97 Å². The smallest absolute Gasteiger partial charge is 0.350 e. The van der Waals surface area contributed by atoms with Gasteiger partial charge in [0, 0.05) is 12.7 Å². The highest BCUT2D eigenvalue weighted by molar-refractivity contribution is 7.17. The summed E-state index contributed by atoms with van der Waals surface area (Å²) in [6, 6.07) is 7.08. The second kappa shape index (κ2) is 7.15. The third kappa shape index (κ3) is 3.69. The summed E-state index contributed by atoms with van der Waals surface area (Å²) in [5, 5.41) is 3.04. The summed E-state index contributed by atoms with van der Waals surface area (Å²) in [5.41, 5.74) is 2.02. The van der Waals surface area contributed by atoms with Gasteiger partial charge in [-0.3, -0.25) is 10.1 Å². The Morgan fingerprint density at radius 1 is 1.23 bits per heavy atom. The number of aryl methyl sites for hydroxylation is 1. The van der Waals surface area contributed by atoms with Crippen LogP contribution >= 0.6 is 11.3 Å². The SMILES string of the molecule is COCc1ccc(C(=O)Nc2nc(C)c(C(=O)OC)s2)cc1. The maximum absolute atomic E-state index is 12.2. The van der Waals surface area contributed by atoms with Gasteiger partial charge in [-0.25, -0.2) is 9.78 Å². The van der Waals surface area contributed by atoms with Gasteiger partial charge in [-0.05, 0) is 24.6 Å². The number of esters is 1. The largest absolute Gasteiger partial charge is 0.465 e. The highest BCUT2D eigenvalue weighted by Crippen LogP contribution is 2.23. The number of hydrogen-bond acceptors (Lipinski definition) is 6. The summed E-state index contributed by atoms with van der Waals surface area (Å²) < 4.78 is 9.68. The Balaban J connectivity index is 2.10. The van der Waals surface area contributed by atoms with Gasteiger partial charge in [-0.15, -0.1) is 0 Å². The standard InChI is InChI=1S/C15H16N2O4S/c1-9-12(14(19)21-3)22-15(16-9)17-13(18)11-6-4-10(5-7-11)8-20-2/h4-7H,8H2,1-3H3,(H,16,17,18). The van der Waals surface area contributed by atoms with Crippen LogP contribution in [0.25, 0.3) is 0 Å². The van der Waals surface area contributed by atoms with E-state index in [1.807, 2.05) is 12.1 Å². The lowest BCUT2D eigenvalue weighted by atomic mass is 10.1. The molecule has 1 aromatic heterocycles. The molecule has 1 N–H and O–H groups in total. The molecule has 1 aromatic carbocycles. The number of aromatic nitrogens is 1. The van der Waals surface area contributed by atoms with Gasteiger partial charge in [-0.2, -0.15) is 0 Å². The van der Waals surface area contributed by atoms with E-state index in [2.05, 4.69) is 15.0 Å². The average Bonchev–Trinajstić information content (AvgIpc) is 2.88. The molecule has 1 amide bonds. The number of hydrogen-bond donors (Lipinski definition) is 1. The van der Waals surface area contributed by atoms with Gasteiger partial charge in [0.25, 0.3) is 5.91 Å². The molecule has 0 aliphatic heterocycles. The molecule has 0 aliphatic carbocycles. The fourth-order valence-corrected chi connectivity index (χ4v) is 2.70. The Bertz CT molecular complexity index is 679. The van der Waals surface area contributed by atoms with Crippen LogP contribution in [0.1, 0.15) is 31.3 Å². The van der Waals surface area contributed by atoms with Crippen molar-refractivity contribution in [3.63, 3.8) is 0 Å². The lowest BCUT2D eigenvalue weighted by molar-refractivity contribution is 0.0605. The van der Waals surface area contributed by atoms with Gasteiger partial charge in [-0.1, -0.05) is 23.5 Å². The molecule has 22 heavy (non-hydrogen) atoms. The number of methoxy groups -OCH3 is 2. The van der Waals surface area contributed by atoms with Crippen molar-refractivity contribution in [2.45, 2.75) is 13.5 Å². The summed E-state index contributed by atoms with van der Waals surface area (Å²) >= 11 is 1.09. The first-order valence-electron chi connectivity index (χ1n) is 6.50. The number of carbonyl (C=O) groups is 2. The number of benzene rings is 1. The molecule has 0 saturated heterocycles. The lowest BCUT2D eigenvalue weighted by Gasteiger charge is -2.03. The molecule has 0 unspecified atom stereocenters. The van der Waals surface area contributed by atoms with Crippen LogP contribution in [-0.4, -0.2) is 31.1 Å². The monoisotopic (exact) mass is 320 g/mol. The number of nitrogens with one attached hydrogen (secondary N) is 1. The second-order valence-corrected chi connectivity index (χ2v) is 5.51. The summed E-state index contributed by atoms with van der Waals surface area (Å²) in [6.07, 6.45) is 0. The fourth-order valence-electron chi connectivity index (χ4n) is 1.82. The lowest BCUT2D eigenvalue weighted by Crippen LogP contribution is -2.11. The Labute approximate surface area is 132 Å². The third-order valence-corrected chi connectivity index (χ3v) is 3.97. The van der Waals surface area contributed by atoms with Crippen LogP contribution in [0.3, 0.4) is 0 Å². The molecular weight excluding hydrogens is 304 g/mol. The number of ether oxygens (including phenoxy) is 2. The normalized spacial score (nSPS) is 10.3. The van der Waals surface area contributed by atoms with Crippen molar-refractivity contribution >= 4 is 28.3 Å². The zero-order chi connectivity index (χ0) is 16.1. The molecule has 0 atom stereocenters. The number of amides is 1. The molecule has 7 heteroatoms. The molecule has 0 fully saturated rings. The predicted molar refractivity (Wildman–Crippen MR) is 83.3 cm³/mol. The van der Waals surface area contributed by atoms with Crippen molar-refractivity contribution in [2.75, 3.05) is 19.5 Å². The zero-order valence-electron chi connectivity index (χ0n) is 12.5. The minimum atomic E-state index is -0.459. The first-order valence-corrected chi connectivity index (χ1v) is 7.31. The highest BCUT2D eigenvalue weighted by Gasteiger charge is 2.17. The summed E-state index contributed by atoms with van der Waals surface area (Å²) in [6.45, 7) is 2.19. The summed E-state index contributed by atoms with van der Waals surface area (Å²) in [7, 11) is 2.92. The average molecular weight is 320 g/mol. The van der Waals surface area contributed by atoms with Crippen LogP contribution in [0.5, 0.6) is 0 Å². The van der Waals surface area contributed by atoms with E-state index >= 15 is 0 Å². The van der Waals surface area contributed by atoms with Gasteiger partial charge in [0.15, 0.2) is 5.13 Å². The Morgan fingerprint density at radius 3 is 2.50 bits per heavy atom. The third-order valence-electron chi connectivity index (χ3n) is 2.91. The van der Waals surface area contributed by atoms with Crippen molar-refractivity contribution in [1.29, 1.82) is 0 Å². The fraction of sp³-hybridized carbons (Fsp3) is 0.267. The summed E-state index contributed by atoms with van der Waals surface area (Å²) in [4.78, 5) is 28.2. The zero-order valence-corrected chi connectivity index (χ0v) is 13.3. The van der Waals surface area contributed by atoms with Crippen LogP contribution in [0, 0.1) is 6.92 Å². The minimum absolute atomic E-state index is 0.283. The van der Waals surface area contributed by atoms with E-state index in [1.165, 1.54) is 7.11 Å². The molecule has 0 aliphatic rings. The molecule has 0 spiro atoms. The number of thiazole rings is 1. The van der Waals surface area contributed by atoms with Gasteiger partial charge < -0.3 is 9.47 Å². The molecule has 0 saturated carbocycles. The van der Waals surface area contributed by atoms with Crippen molar-refractivity contribution in [3.8, 4) is 0 Å². The Hall–Kier alpha value is -2.25. The Kier molecular flexibility index (Phi) is 5.24. The van der Waals surface area contributed by atoms with Crippen molar-refractivity contribution in [1.82, 2.24) is 4.98 Å². The Morgan fingerprint density at radius 2 is 1.91 bits per heavy atom. The van der Waals surface area contributed by atoms with E-state index in [4.69, 9.17) is 4.74 Å². The highest BCUT2D eigenvalue weighted by atomic mass is 32.1. The van der Waals surface area contributed by atoms with E-state index in [9.17, 15) is 9.59 Å². The topological polar surface area (TPSA) is 77.5 Å². The van der Waals surface area contributed by atoms with E-state index in [0.29, 0.717) is 27.9 Å². The summed E-state index contributed by atoms with van der Waals surface area (Å²) in [5.74, 6) is -0.742. The molecule has 1 heterocycles. The maximum Gasteiger partial charge on any atom is 0.350 e. The number of rotatable bonds is 5. The van der Waals surface area contributed by atoms with E-state index in [-0.39, 0.29) is 5.91 Å². The van der Waals surface area contributed by atoms with Gasteiger partial charge in [0.1, 0.15) is 4.88 Å². The minimum Gasteiger partial charge on any atom is -0.465 e. The molecule has 0 bridgehead atoms.